The summed E-state index contributed by atoms with van der Waals surface area (Å²) in [5.74, 6) is -0.961. The Balaban J connectivity index is 1.71. The van der Waals surface area contributed by atoms with Gasteiger partial charge in [-0.1, -0.05) is 35.4 Å². The van der Waals surface area contributed by atoms with Crippen LogP contribution in [0.25, 0.3) is 0 Å². The number of anilines is 2. The molecule has 1 saturated heterocycles. The lowest BCUT2D eigenvalue weighted by Crippen LogP contribution is -2.32. The molecule has 2 aliphatic carbocycles. The predicted molar refractivity (Wildman–Crippen MR) is 91.0 cm³/mol. The Hall–Kier alpha value is -1.85. The maximum atomic E-state index is 12.8. The Morgan fingerprint density at radius 3 is 2.04 bits per heavy atom. The van der Waals surface area contributed by atoms with Crippen molar-refractivity contribution >= 4 is 52.3 Å². The summed E-state index contributed by atoms with van der Waals surface area (Å²) < 4.78 is 0. The minimum Gasteiger partial charge on any atom is -0.324 e. The molecule has 4 atom stereocenters. The summed E-state index contributed by atoms with van der Waals surface area (Å²) in [5, 5.41) is 2.92. The van der Waals surface area contributed by atoms with E-state index in [-0.39, 0.29) is 57.1 Å². The number of carbonyl (C=O) groups excluding carboxylic acids is 3. The van der Waals surface area contributed by atoms with Crippen molar-refractivity contribution in [2.24, 2.45) is 23.7 Å². The van der Waals surface area contributed by atoms with Gasteiger partial charge in [-0.05, 0) is 30.4 Å². The van der Waals surface area contributed by atoms with E-state index in [1.54, 1.807) is 0 Å². The molecule has 0 unspecified atom stereocenters. The molecule has 0 aromatic heterocycles. The van der Waals surface area contributed by atoms with Crippen LogP contribution in [-0.2, 0) is 14.4 Å². The van der Waals surface area contributed by atoms with E-state index in [4.69, 9.17) is 23.2 Å². The number of rotatable bonds is 2. The van der Waals surface area contributed by atoms with Crippen molar-refractivity contribution in [1.82, 2.24) is 0 Å². The fraction of sp³-hybridized carbons (Fsp3) is 0.353. The average Bonchev–Trinajstić information content (AvgIpc) is 3.17. The molecule has 1 aromatic carbocycles. The van der Waals surface area contributed by atoms with Crippen LogP contribution in [-0.4, -0.2) is 17.7 Å². The fourth-order valence-corrected chi connectivity index (χ4v) is 4.71. The first-order valence-electron chi connectivity index (χ1n) is 7.71. The Morgan fingerprint density at radius 2 is 1.58 bits per heavy atom. The highest BCUT2D eigenvalue weighted by atomic mass is 35.5. The highest BCUT2D eigenvalue weighted by Crippen LogP contribution is 2.53. The molecule has 7 heteroatoms. The minimum atomic E-state index is -0.308. The zero-order valence-electron chi connectivity index (χ0n) is 12.8. The first kappa shape index (κ1) is 15.7. The highest BCUT2D eigenvalue weighted by molar-refractivity contribution is 6.40. The van der Waals surface area contributed by atoms with E-state index in [1.165, 1.54) is 24.0 Å². The van der Waals surface area contributed by atoms with Crippen LogP contribution < -0.4 is 10.2 Å². The third-order valence-corrected chi connectivity index (χ3v) is 5.65. The predicted octanol–water partition coefficient (Wildman–Crippen LogP) is 3.26. The van der Waals surface area contributed by atoms with Gasteiger partial charge in [0.15, 0.2) is 0 Å². The van der Waals surface area contributed by atoms with Gasteiger partial charge in [0.25, 0.3) is 0 Å². The third-order valence-electron chi connectivity index (χ3n) is 5.06. The van der Waals surface area contributed by atoms with E-state index >= 15 is 0 Å². The fourth-order valence-electron chi connectivity index (χ4n) is 4.14. The van der Waals surface area contributed by atoms with E-state index in [0.717, 1.165) is 6.42 Å². The molecule has 4 rings (SSSR count). The Bertz CT molecular complexity index is 767. The number of hydrogen-bond acceptors (Lipinski definition) is 3. The van der Waals surface area contributed by atoms with Gasteiger partial charge in [-0.3, -0.25) is 14.4 Å². The Labute approximate surface area is 148 Å². The van der Waals surface area contributed by atoms with E-state index in [9.17, 15) is 14.4 Å². The largest absolute Gasteiger partial charge is 0.324 e. The quantitative estimate of drug-likeness (QED) is 0.646. The number of nitrogens with zero attached hydrogens (tertiary/aromatic N) is 1. The van der Waals surface area contributed by atoms with Gasteiger partial charge in [0.2, 0.25) is 17.7 Å². The molecule has 124 valence electrons. The molecular formula is C17H14Cl2N2O3. The van der Waals surface area contributed by atoms with Crippen LogP contribution >= 0.6 is 23.2 Å². The molecule has 1 N–H and O–H groups in total. The van der Waals surface area contributed by atoms with Gasteiger partial charge in [0.1, 0.15) is 0 Å². The summed E-state index contributed by atoms with van der Waals surface area (Å²) in [5.41, 5.74) is 0.624. The number of benzene rings is 1. The van der Waals surface area contributed by atoms with Crippen molar-refractivity contribution in [3.8, 4) is 0 Å². The first-order chi connectivity index (χ1) is 11.4. The van der Waals surface area contributed by atoms with Crippen molar-refractivity contribution in [2.45, 2.75) is 13.3 Å². The van der Waals surface area contributed by atoms with Crippen molar-refractivity contribution in [3.63, 3.8) is 0 Å². The van der Waals surface area contributed by atoms with Crippen molar-refractivity contribution in [1.29, 1.82) is 0 Å². The van der Waals surface area contributed by atoms with Crippen LogP contribution in [0.5, 0.6) is 0 Å². The second kappa shape index (κ2) is 5.33. The second-order valence-electron chi connectivity index (χ2n) is 6.48. The summed E-state index contributed by atoms with van der Waals surface area (Å²) >= 11 is 12.4. The standard InChI is InChI=1S/C17H14Cl2N2O3/c1-7(22)20-15-11(18)5-10(6-12(15)19)21-16(23)13-8-2-3-9(4-8)14(13)17(21)24/h2-3,5-6,8-9,13-14H,4H2,1H3,(H,20,22)/t8-,9+,13-,14-/m0/s1. The first-order valence-corrected chi connectivity index (χ1v) is 8.47. The number of imide groups is 1. The van der Waals surface area contributed by atoms with Gasteiger partial charge < -0.3 is 5.32 Å². The molecule has 0 radical (unpaired) electrons. The lowest BCUT2D eigenvalue weighted by molar-refractivity contribution is -0.123. The summed E-state index contributed by atoms with van der Waals surface area (Å²) in [6.45, 7) is 1.35. The minimum absolute atomic E-state index is 0.144. The zero-order valence-corrected chi connectivity index (χ0v) is 14.3. The maximum Gasteiger partial charge on any atom is 0.238 e. The molecule has 3 aliphatic rings. The number of amides is 3. The van der Waals surface area contributed by atoms with Gasteiger partial charge in [0, 0.05) is 6.92 Å². The van der Waals surface area contributed by atoms with Crippen LogP contribution in [0.3, 0.4) is 0 Å². The van der Waals surface area contributed by atoms with E-state index < -0.39 is 0 Å². The monoisotopic (exact) mass is 364 g/mol. The molecule has 2 fully saturated rings. The van der Waals surface area contributed by atoms with Crippen molar-refractivity contribution in [3.05, 3.63) is 34.3 Å². The number of allylic oxidation sites excluding steroid dienone is 2. The van der Waals surface area contributed by atoms with Crippen LogP contribution in [0.4, 0.5) is 11.4 Å². The summed E-state index contributed by atoms with van der Waals surface area (Å²) in [4.78, 5) is 38.0. The number of nitrogens with one attached hydrogen (secondary N) is 1. The molecule has 1 aliphatic heterocycles. The molecule has 0 spiro atoms. The van der Waals surface area contributed by atoms with Gasteiger partial charge >= 0.3 is 0 Å². The second-order valence-corrected chi connectivity index (χ2v) is 7.29. The lowest BCUT2D eigenvalue weighted by atomic mass is 9.85. The molecule has 3 amide bonds. The van der Waals surface area contributed by atoms with Crippen LogP contribution in [0, 0.1) is 23.7 Å². The Morgan fingerprint density at radius 1 is 1.08 bits per heavy atom. The maximum absolute atomic E-state index is 12.8. The van der Waals surface area contributed by atoms with Gasteiger partial charge in [-0.2, -0.15) is 0 Å². The van der Waals surface area contributed by atoms with Crippen LogP contribution in [0.2, 0.25) is 10.0 Å². The summed E-state index contributed by atoms with van der Waals surface area (Å²) in [7, 11) is 0. The molecular weight excluding hydrogens is 351 g/mol. The molecule has 1 heterocycles. The normalized spacial score (nSPS) is 30.2. The van der Waals surface area contributed by atoms with Gasteiger partial charge in [-0.15, -0.1) is 0 Å². The van der Waals surface area contributed by atoms with E-state index in [1.807, 2.05) is 12.2 Å². The molecule has 1 aromatic rings. The van der Waals surface area contributed by atoms with E-state index in [0.29, 0.717) is 5.69 Å². The topological polar surface area (TPSA) is 66.5 Å². The van der Waals surface area contributed by atoms with Gasteiger partial charge in [-0.25, -0.2) is 4.90 Å². The molecule has 24 heavy (non-hydrogen) atoms. The zero-order chi connectivity index (χ0) is 17.2. The van der Waals surface area contributed by atoms with E-state index in [2.05, 4.69) is 5.32 Å². The van der Waals surface area contributed by atoms with Crippen LogP contribution in [0.1, 0.15) is 13.3 Å². The Kier molecular flexibility index (Phi) is 3.48. The number of halogens is 2. The number of fused-ring (bicyclic) bond motifs is 5. The van der Waals surface area contributed by atoms with Gasteiger partial charge in [0.05, 0.1) is 33.3 Å². The average molecular weight is 365 g/mol. The highest BCUT2D eigenvalue weighted by Gasteiger charge is 2.59. The smallest absolute Gasteiger partial charge is 0.238 e. The van der Waals surface area contributed by atoms with Crippen molar-refractivity contribution < 1.29 is 14.4 Å². The van der Waals surface area contributed by atoms with Crippen molar-refractivity contribution in [2.75, 3.05) is 10.2 Å². The molecule has 1 saturated carbocycles. The molecule has 2 bridgehead atoms. The third kappa shape index (κ3) is 2.11. The number of hydrogen-bond donors (Lipinski definition) is 1. The summed E-state index contributed by atoms with van der Waals surface area (Å²) in [6.07, 6.45) is 4.96. The SMILES string of the molecule is CC(=O)Nc1c(Cl)cc(N2C(=O)[C@@H]3[C@@H](C2=O)[C@H]2C=C[C@@H]3C2)cc1Cl. The lowest BCUT2D eigenvalue weighted by Gasteiger charge is -2.19. The molecule has 5 nitrogen and oxygen atoms in total. The van der Waals surface area contributed by atoms with Crippen LogP contribution in [0.15, 0.2) is 24.3 Å². The summed E-state index contributed by atoms with van der Waals surface area (Å²) in [6, 6.07) is 2.98. The number of carbonyl (C=O) groups is 3.